The highest BCUT2D eigenvalue weighted by Crippen LogP contribution is 2.56. The van der Waals surface area contributed by atoms with Crippen LogP contribution in [0, 0.1) is 33.5 Å². The first kappa shape index (κ1) is 18.1. The molecule has 2 aromatic rings. The van der Waals surface area contributed by atoms with Crippen LogP contribution in [-0.4, -0.2) is 17.9 Å². The molecular weight excluding hydrogens is 350 g/mol. The summed E-state index contributed by atoms with van der Waals surface area (Å²) in [5, 5.41) is 20.4. The number of ketones is 1. The van der Waals surface area contributed by atoms with E-state index in [-0.39, 0.29) is 5.78 Å². The van der Waals surface area contributed by atoms with Gasteiger partial charge in [-0.2, -0.15) is 10.5 Å². The first-order valence-corrected chi connectivity index (χ1v) is 9.31. The summed E-state index contributed by atoms with van der Waals surface area (Å²) in [5.41, 5.74) is -0.248. The summed E-state index contributed by atoms with van der Waals surface area (Å²) in [6.07, 6.45) is 5.33. The molecule has 0 aliphatic carbocycles. The van der Waals surface area contributed by atoms with Crippen molar-refractivity contribution < 1.29 is 9.21 Å². The minimum Gasteiger partial charge on any atom is -0.469 e. The molecule has 1 aromatic heterocycles. The van der Waals surface area contributed by atoms with Crippen LogP contribution >= 0.6 is 0 Å². The van der Waals surface area contributed by atoms with Crippen LogP contribution in [0.3, 0.4) is 0 Å². The van der Waals surface area contributed by atoms with Gasteiger partial charge in [0.25, 0.3) is 0 Å². The number of fused-ring (bicyclic) bond motifs is 3. The SMILES string of the molecule is CC(C)(C)C(=O)[C@@H]1[C@H](c2ccco2)C(C#N)(C#N)[C@@H]2C=Cc3ccccc3N12. The van der Waals surface area contributed by atoms with Gasteiger partial charge in [0, 0.05) is 11.1 Å². The molecule has 0 unspecified atom stereocenters. The number of Topliss-reactive ketones (excluding diaryl/α,β-unsaturated/α-hetero) is 1. The molecule has 4 rings (SSSR count). The van der Waals surface area contributed by atoms with E-state index < -0.39 is 28.8 Å². The number of furan rings is 1. The van der Waals surface area contributed by atoms with E-state index in [1.165, 1.54) is 6.26 Å². The van der Waals surface area contributed by atoms with Gasteiger partial charge in [0.15, 0.2) is 11.2 Å². The highest BCUT2D eigenvalue weighted by atomic mass is 16.3. The lowest BCUT2D eigenvalue weighted by atomic mass is 9.69. The maximum atomic E-state index is 13.6. The number of anilines is 1. The topological polar surface area (TPSA) is 81.0 Å². The molecule has 0 radical (unpaired) electrons. The molecule has 1 fully saturated rings. The highest BCUT2D eigenvalue weighted by molar-refractivity contribution is 5.95. The zero-order valence-electron chi connectivity index (χ0n) is 16.1. The third-order valence-electron chi connectivity index (χ3n) is 5.77. The van der Waals surface area contributed by atoms with Crippen molar-refractivity contribution in [2.24, 2.45) is 10.8 Å². The van der Waals surface area contributed by atoms with E-state index in [4.69, 9.17) is 4.42 Å². The first-order valence-electron chi connectivity index (χ1n) is 9.31. The van der Waals surface area contributed by atoms with Gasteiger partial charge in [0.1, 0.15) is 11.8 Å². The maximum Gasteiger partial charge on any atom is 0.179 e. The zero-order chi connectivity index (χ0) is 20.1. The van der Waals surface area contributed by atoms with Crippen molar-refractivity contribution >= 4 is 17.5 Å². The van der Waals surface area contributed by atoms with Gasteiger partial charge in [-0.05, 0) is 23.8 Å². The quantitative estimate of drug-likeness (QED) is 0.786. The molecule has 0 bridgehead atoms. The average Bonchev–Trinajstić information content (AvgIpc) is 3.30. The third kappa shape index (κ3) is 2.33. The van der Waals surface area contributed by atoms with Crippen LogP contribution in [0.2, 0.25) is 0 Å². The number of para-hydroxylation sites is 1. The van der Waals surface area contributed by atoms with Crippen molar-refractivity contribution in [3.05, 3.63) is 60.1 Å². The molecule has 3 heterocycles. The number of hydrogen-bond acceptors (Lipinski definition) is 5. The van der Waals surface area contributed by atoms with E-state index in [9.17, 15) is 15.3 Å². The normalized spacial score (nSPS) is 24.8. The summed E-state index contributed by atoms with van der Waals surface area (Å²) >= 11 is 0. The largest absolute Gasteiger partial charge is 0.469 e. The Bertz CT molecular complexity index is 1020. The Morgan fingerprint density at radius 1 is 1.14 bits per heavy atom. The molecule has 2 aliphatic heterocycles. The van der Waals surface area contributed by atoms with Gasteiger partial charge in [0.05, 0.1) is 30.4 Å². The summed E-state index contributed by atoms with van der Waals surface area (Å²) in [4.78, 5) is 15.6. The van der Waals surface area contributed by atoms with E-state index in [0.29, 0.717) is 5.76 Å². The van der Waals surface area contributed by atoms with Gasteiger partial charge in [-0.25, -0.2) is 0 Å². The molecular formula is C23H21N3O2. The number of nitriles is 2. The number of carbonyl (C=O) groups is 1. The molecule has 140 valence electrons. The van der Waals surface area contributed by atoms with E-state index in [1.807, 2.05) is 62.1 Å². The second-order valence-electron chi connectivity index (χ2n) is 8.41. The minimum absolute atomic E-state index is 0.0172. The fourth-order valence-corrected chi connectivity index (χ4v) is 4.45. The molecule has 3 atom stereocenters. The average molecular weight is 371 g/mol. The van der Waals surface area contributed by atoms with Gasteiger partial charge in [-0.15, -0.1) is 0 Å². The van der Waals surface area contributed by atoms with Crippen LogP contribution in [0.4, 0.5) is 5.69 Å². The van der Waals surface area contributed by atoms with Crippen LogP contribution in [-0.2, 0) is 4.79 Å². The molecule has 0 N–H and O–H groups in total. The third-order valence-corrected chi connectivity index (χ3v) is 5.77. The van der Waals surface area contributed by atoms with Gasteiger partial charge in [0.2, 0.25) is 0 Å². The van der Waals surface area contributed by atoms with Crippen molar-refractivity contribution in [1.82, 2.24) is 0 Å². The lowest BCUT2D eigenvalue weighted by Crippen LogP contribution is -2.47. The first-order chi connectivity index (χ1) is 13.3. The Labute approximate surface area is 164 Å². The minimum atomic E-state index is -1.44. The zero-order valence-corrected chi connectivity index (χ0v) is 16.1. The summed E-state index contributed by atoms with van der Waals surface area (Å²) in [7, 11) is 0. The number of benzene rings is 1. The molecule has 1 saturated heterocycles. The Balaban J connectivity index is 2.02. The maximum absolute atomic E-state index is 13.6. The van der Waals surface area contributed by atoms with Crippen LogP contribution in [0.25, 0.3) is 6.08 Å². The van der Waals surface area contributed by atoms with E-state index in [2.05, 4.69) is 12.1 Å². The summed E-state index contributed by atoms with van der Waals surface area (Å²) < 4.78 is 5.66. The highest BCUT2D eigenvalue weighted by Gasteiger charge is 2.65. The predicted molar refractivity (Wildman–Crippen MR) is 105 cm³/mol. The van der Waals surface area contributed by atoms with Gasteiger partial charge >= 0.3 is 0 Å². The van der Waals surface area contributed by atoms with Crippen LogP contribution in [0.15, 0.2) is 53.2 Å². The summed E-state index contributed by atoms with van der Waals surface area (Å²) in [6.45, 7) is 5.61. The number of rotatable bonds is 2. The molecule has 28 heavy (non-hydrogen) atoms. The standard InChI is InChI=1S/C23H21N3O2/c1-22(2,3)21(27)20-19(17-9-6-12-28-17)23(13-24,14-25)18-11-10-15-7-4-5-8-16(15)26(18)20/h4-12,18-20H,1-3H3/t18-,19-,20-/m0/s1. The molecule has 1 aromatic carbocycles. The van der Waals surface area contributed by atoms with Gasteiger partial charge < -0.3 is 9.32 Å². The molecule has 2 aliphatic rings. The Kier molecular flexibility index (Phi) is 3.94. The molecule has 0 amide bonds. The van der Waals surface area contributed by atoms with Crippen molar-refractivity contribution in [3.8, 4) is 12.1 Å². The lowest BCUT2D eigenvalue weighted by molar-refractivity contribution is -0.128. The van der Waals surface area contributed by atoms with Crippen molar-refractivity contribution in [2.45, 2.75) is 38.8 Å². The Hall–Kier alpha value is -3.31. The van der Waals surface area contributed by atoms with E-state index in [1.54, 1.807) is 12.1 Å². The molecule has 5 heteroatoms. The van der Waals surface area contributed by atoms with Crippen LogP contribution < -0.4 is 4.90 Å². The van der Waals surface area contributed by atoms with Crippen LogP contribution in [0.5, 0.6) is 0 Å². The van der Waals surface area contributed by atoms with Crippen molar-refractivity contribution in [1.29, 1.82) is 10.5 Å². The Morgan fingerprint density at radius 3 is 2.46 bits per heavy atom. The van der Waals surface area contributed by atoms with E-state index >= 15 is 0 Å². The number of hydrogen-bond donors (Lipinski definition) is 0. The summed E-state index contributed by atoms with van der Waals surface area (Å²) in [5.74, 6) is -0.215. The fraction of sp³-hybridized carbons (Fsp3) is 0.348. The van der Waals surface area contributed by atoms with Crippen molar-refractivity contribution in [3.63, 3.8) is 0 Å². The summed E-state index contributed by atoms with van der Waals surface area (Å²) in [6, 6.07) is 14.6. The predicted octanol–water partition coefficient (Wildman–Crippen LogP) is 4.30. The number of nitrogens with zero attached hydrogens (tertiary/aromatic N) is 3. The molecule has 5 nitrogen and oxygen atoms in total. The van der Waals surface area contributed by atoms with Gasteiger partial charge in [-0.1, -0.05) is 51.1 Å². The molecule has 0 saturated carbocycles. The number of carbonyl (C=O) groups excluding carboxylic acids is 1. The second-order valence-corrected chi connectivity index (χ2v) is 8.41. The monoisotopic (exact) mass is 371 g/mol. The second kappa shape index (κ2) is 6.11. The van der Waals surface area contributed by atoms with Gasteiger partial charge in [-0.3, -0.25) is 4.79 Å². The van der Waals surface area contributed by atoms with E-state index in [0.717, 1.165) is 11.3 Å². The Morgan fingerprint density at radius 2 is 1.86 bits per heavy atom. The van der Waals surface area contributed by atoms with Crippen LogP contribution in [0.1, 0.15) is 38.0 Å². The fourth-order valence-electron chi connectivity index (χ4n) is 4.45. The smallest absolute Gasteiger partial charge is 0.179 e. The van der Waals surface area contributed by atoms with Crippen molar-refractivity contribution in [2.75, 3.05) is 4.90 Å². The molecule has 0 spiro atoms. The lowest BCUT2D eigenvalue weighted by Gasteiger charge is -2.37.